The number of sulfone groups is 1. The van der Waals surface area contributed by atoms with E-state index in [2.05, 4.69) is 4.74 Å². The summed E-state index contributed by atoms with van der Waals surface area (Å²) in [6.45, 7) is 0. The third-order valence-electron chi connectivity index (χ3n) is 4.78. The summed E-state index contributed by atoms with van der Waals surface area (Å²) in [7, 11) is 3.24. The fourth-order valence-electron chi connectivity index (χ4n) is 3.02. The van der Waals surface area contributed by atoms with Crippen LogP contribution in [0, 0.1) is 0 Å². The van der Waals surface area contributed by atoms with E-state index in [1.165, 1.54) is 53.8 Å². The van der Waals surface area contributed by atoms with E-state index in [0.717, 1.165) is 5.41 Å². The van der Waals surface area contributed by atoms with Gasteiger partial charge in [0.05, 0.1) is 59.7 Å². The highest BCUT2D eigenvalue weighted by atomic mass is 32.2. The Bertz CT molecular complexity index is 1160. The van der Waals surface area contributed by atoms with Crippen molar-refractivity contribution in [3.8, 4) is 28.7 Å². The Morgan fingerprint density at radius 3 is 1.91 bits per heavy atom. The van der Waals surface area contributed by atoms with Crippen LogP contribution >= 0.6 is 0 Å². The van der Waals surface area contributed by atoms with Crippen LogP contribution in [0.15, 0.2) is 35.7 Å². The van der Waals surface area contributed by atoms with E-state index < -0.39 is 21.8 Å². The first-order valence-corrected chi connectivity index (χ1v) is 12.0. The number of rotatable bonds is 12. The molecule has 0 heterocycles. The molecule has 0 amide bonds. The molecule has 0 atom stereocenters. The van der Waals surface area contributed by atoms with Crippen molar-refractivity contribution in [1.29, 1.82) is 0 Å². The molecule has 2 rings (SSSR count). The van der Waals surface area contributed by atoms with Gasteiger partial charge in [0.15, 0.2) is 21.3 Å². The quantitative estimate of drug-likeness (QED) is 0.312. The van der Waals surface area contributed by atoms with E-state index in [4.69, 9.17) is 23.7 Å². The molecule has 0 aliphatic carbocycles. The second kappa shape index (κ2) is 12.7. The summed E-state index contributed by atoms with van der Waals surface area (Å²) in [5, 5.41) is 1.05. The van der Waals surface area contributed by atoms with Gasteiger partial charge < -0.3 is 28.4 Å². The van der Waals surface area contributed by atoms with Crippen molar-refractivity contribution in [3.05, 3.63) is 46.9 Å². The summed E-state index contributed by atoms with van der Waals surface area (Å²) in [4.78, 5) is 23.3. The normalized spacial score (nSPS) is 11.1. The highest BCUT2D eigenvalue weighted by Crippen LogP contribution is 2.35. The van der Waals surface area contributed by atoms with E-state index in [9.17, 15) is 18.0 Å². The molecule has 0 N–H and O–H groups in total. The van der Waals surface area contributed by atoms with Crippen molar-refractivity contribution >= 4 is 27.9 Å². The first-order valence-electron chi connectivity index (χ1n) is 10.3. The Kier molecular flexibility index (Phi) is 9.95. The Morgan fingerprint density at radius 1 is 0.771 bits per heavy atom. The predicted molar refractivity (Wildman–Crippen MR) is 128 cm³/mol. The van der Waals surface area contributed by atoms with Crippen LogP contribution in [-0.4, -0.2) is 55.9 Å². The van der Waals surface area contributed by atoms with E-state index in [-0.39, 0.29) is 30.1 Å². The number of benzene rings is 2. The van der Waals surface area contributed by atoms with Gasteiger partial charge in [0.2, 0.25) is 0 Å². The summed E-state index contributed by atoms with van der Waals surface area (Å²) in [6, 6.07) is 7.66. The summed E-state index contributed by atoms with van der Waals surface area (Å²) in [5.74, 6) is -0.0977. The number of carbonyl (C=O) groups excluding carboxylic acids is 2. The van der Waals surface area contributed by atoms with Gasteiger partial charge in [-0.25, -0.2) is 8.42 Å². The SMILES string of the molecule is COC(=O)CCC(=O)Oc1cc(CS(=O)(=O)C=Cc2c(OC)cc(OC)cc2OC)ccc1OC. The van der Waals surface area contributed by atoms with Crippen LogP contribution in [0.1, 0.15) is 24.0 Å². The molecule has 0 aromatic heterocycles. The van der Waals surface area contributed by atoms with Crippen LogP contribution in [0.5, 0.6) is 28.7 Å². The highest BCUT2D eigenvalue weighted by Gasteiger charge is 2.17. The van der Waals surface area contributed by atoms with Gasteiger partial charge in [0.25, 0.3) is 0 Å². The Balaban J connectivity index is 2.25. The highest BCUT2D eigenvalue weighted by molar-refractivity contribution is 7.93. The smallest absolute Gasteiger partial charge is 0.311 e. The maximum atomic E-state index is 12.8. The predicted octanol–water partition coefficient (Wildman–Crippen LogP) is 3.17. The average Bonchev–Trinajstić information content (AvgIpc) is 2.85. The molecule has 0 fully saturated rings. The number of methoxy groups -OCH3 is 5. The van der Waals surface area contributed by atoms with E-state index >= 15 is 0 Å². The number of ether oxygens (including phenoxy) is 6. The second-order valence-electron chi connectivity index (χ2n) is 7.09. The molecule has 0 spiro atoms. The van der Waals surface area contributed by atoms with Gasteiger partial charge in [0, 0.05) is 17.5 Å². The van der Waals surface area contributed by atoms with Gasteiger partial charge in [-0.2, -0.15) is 0 Å². The first kappa shape index (κ1) is 27.5. The maximum absolute atomic E-state index is 12.8. The molecule has 2 aromatic carbocycles. The van der Waals surface area contributed by atoms with Crippen LogP contribution in [0.3, 0.4) is 0 Å². The van der Waals surface area contributed by atoms with Crippen molar-refractivity contribution < 1.29 is 46.4 Å². The number of esters is 2. The number of hydrogen-bond donors (Lipinski definition) is 0. The zero-order chi connectivity index (χ0) is 26.0. The molecule has 0 saturated heterocycles. The minimum Gasteiger partial charge on any atom is -0.496 e. The van der Waals surface area contributed by atoms with Gasteiger partial charge in [-0.1, -0.05) is 6.07 Å². The van der Waals surface area contributed by atoms with Gasteiger partial charge >= 0.3 is 11.9 Å². The molecule has 0 aliphatic heterocycles. The van der Waals surface area contributed by atoms with Crippen molar-refractivity contribution in [1.82, 2.24) is 0 Å². The number of hydrogen-bond acceptors (Lipinski definition) is 10. The molecular formula is C24H28O10S. The molecule has 0 bridgehead atoms. The van der Waals surface area contributed by atoms with Gasteiger partial charge in [0.1, 0.15) is 17.2 Å². The molecule has 10 nitrogen and oxygen atoms in total. The molecule has 2 aromatic rings. The second-order valence-corrected chi connectivity index (χ2v) is 8.98. The largest absolute Gasteiger partial charge is 0.496 e. The zero-order valence-corrected chi connectivity index (χ0v) is 21.0. The number of carbonyl (C=O) groups is 2. The van der Waals surface area contributed by atoms with Crippen LogP contribution in [-0.2, 0) is 29.9 Å². The van der Waals surface area contributed by atoms with Crippen molar-refractivity contribution in [3.63, 3.8) is 0 Å². The molecule has 35 heavy (non-hydrogen) atoms. The Morgan fingerprint density at radius 2 is 1.37 bits per heavy atom. The van der Waals surface area contributed by atoms with Gasteiger partial charge in [-0.3, -0.25) is 9.59 Å². The van der Waals surface area contributed by atoms with E-state index in [1.807, 2.05) is 0 Å². The van der Waals surface area contributed by atoms with Gasteiger partial charge in [-0.15, -0.1) is 0 Å². The Labute approximate surface area is 204 Å². The molecule has 0 radical (unpaired) electrons. The lowest BCUT2D eigenvalue weighted by atomic mass is 10.1. The minimum atomic E-state index is -3.75. The van der Waals surface area contributed by atoms with Crippen LogP contribution in [0.2, 0.25) is 0 Å². The monoisotopic (exact) mass is 508 g/mol. The lowest BCUT2D eigenvalue weighted by Crippen LogP contribution is -2.12. The molecule has 0 unspecified atom stereocenters. The maximum Gasteiger partial charge on any atom is 0.311 e. The van der Waals surface area contributed by atoms with E-state index in [1.54, 1.807) is 18.2 Å². The summed E-state index contributed by atoms with van der Waals surface area (Å²) < 4.78 is 56.4. The third kappa shape index (κ3) is 7.92. The van der Waals surface area contributed by atoms with Crippen LogP contribution in [0.25, 0.3) is 6.08 Å². The lowest BCUT2D eigenvalue weighted by molar-refractivity contribution is -0.144. The van der Waals surface area contributed by atoms with Crippen molar-refractivity contribution in [2.45, 2.75) is 18.6 Å². The lowest BCUT2D eigenvalue weighted by Gasteiger charge is -2.13. The average molecular weight is 509 g/mol. The zero-order valence-electron chi connectivity index (χ0n) is 20.2. The molecular weight excluding hydrogens is 480 g/mol. The van der Waals surface area contributed by atoms with Crippen molar-refractivity contribution in [2.75, 3.05) is 35.5 Å². The van der Waals surface area contributed by atoms with E-state index in [0.29, 0.717) is 28.4 Å². The summed E-state index contributed by atoms with van der Waals surface area (Å²) in [5.41, 5.74) is 0.786. The van der Waals surface area contributed by atoms with Crippen LogP contribution < -0.4 is 23.7 Å². The molecule has 11 heteroatoms. The Hall–Kier alpha value is -3.73. The first-order chi connectivity index (χ1) is 16.7. The molecule has 0 saturated carbocycles. The third-order valence-corrected chi connectivity index (χ3v) is 6.06. The summed E-state index contributed by atoms with van der Waals surface area (Å²) in [6.07, 6.45) is 1.03. The molecule has 190 valence electrons. The van der Waals surface area contributed by atoms with Crippen molar-refractivity contribution in [2.24, 2.45) is 0 Å². The fourth-order valence-corrected chi connectivity index (χ4v) is 4.10. The topological polar surface area (TPSA) is 124 Å². The fraction of sp³-hybridized carbons (Fsp3) is 0.333. The van der Waals surface area contributed by atoms with Gasteiger partial charge in [-0.05, 0) is 23.8 Å². The molecule has 0 aliphatic rings. The minimum absolute atomic E-state index is 0.0394. The summed E-state index contributed by atoms with van der Waals surface area (Å²) >= 11 is 0. The standard InChI is InChI=1S/C24H28O10S/c1-29-17-13-20(31-3)18(21(14-17)32-4)10-11-35(27,28)15-16-6-7-19(30-2)22(12-16)34-24(26)9-8-23(25)33-5/h6-7,10-14H,8-9,15H2,1-5H3. The van der Waals surface area contributed by atoms with Crippen LogP contribution in [0.4, 0.5) is 0 Å².